The number of rotatable bonds is 6. The molecule has 0 aliphatic heterocycles. The van der Waals surface area contributed by atoms with Gasteiger partial charge in [-0.2, -0.15) is 5.10 Å². The van der Waals surface area contributed by atoms with Crippen LogP contribution in [0.4, 0.5) is 5.82 Å². The van der Waals surface area contributed by atoms with Crippen molar-refractivity contribution in [3.63, 3.8) is 0 Å². The SMILES string of the molecule is CC(C)(C)C(=O)NCCn1ncc2c(NCc3cccs3)ncnc21. The van der Waals surface area contributed by atoms with Crippen LogP contribution in [0.2, 0.25) is 0 Å². The van der Waals surface area contributed by atoms with Gasteiger partial charge in [0.15, 0.2) is 5.65 Å². The Morgan fingerprint density at radius 2 is 2.16 bits per heavy atom. The lowest BCUT2D eigenvalue weighted by atomic mass is 9.96. The quantitative estimate of drug-likeness (QED) is 0.708. The second kappa shape index (κ2) is 7.18. The van der Waals surface area contributed by atoms with E-state index in [1.807, 2.05) is 26.8 Å². The van der Waals surface area contributed by atoms with E-state index in [0.29, 0.717) is 13.1 Å². The molecule has 0 spiro atoms. The predicted octanol–water partition coefficient (Wildman–Crippen LogP) is 2.66. The Morgan fingerprint density at radius 3 is 2.88 bits per heavy atom. The van der Waals surface area contributed by atoms with Gasteiger partial charge >= 0.3 is 0 Å². The molecule has 7 nitrogen and oxygen atoms in total. The first-order valence-corrected chi connectivity index (χ1v) is 9.04. The topological polar surface area (TPSA) is 84.7 Å². The molecule has 0 saturated heterocycles. The number of amides is 1. The lowest BCUT2D eigenvalue weighted by molar-refractivity contribution is -0.128. The van der Waals surface area contributed by atoms with Crippen molar-refractivity contribution in [2.75, 3.05) is 11.9 Å². The molecule has 8 heteroatoms. The van der Waals surface area contributed by atoms with Crippen LogP contribution in [0.5, 0.6) is 0 Å². The number of carbonyl (C=O) groups excluding carboxylic acids is 1. The number of anilines is 1. The molecule has 3 aromatic heterocycles. The molecule has 3 aromatic rings. The fourth-order valence-electron chi connectivity index (χ4n) is 2.32. The van der Waals surface area contributed by atoms with Crippen LogP contribution in [0.1, 0.15) is 25.6 Å². The van der Waals surface area contributed by atoms with Crippen molar-refractivity contribution in [3.8, 4) is 0 Å². The van der Waals surface area contributed by atoms with Crippen molar-refractivity contribution in [1.82, 2.24) is 25.1 Å². The predicted molar refractivity (Wildman–Crippen MR) is 99.4 cm³/mol. The van der Waals surface area contributed by atoms with Gasteiger partial charge in [-0.15, -0.1) is 11.3 Å². The summed E-state index contributed by atoms with van der Waals surface area (Å²) in [6.07, 6.45) is 3.29. The van der Waals surface area contributed by atoms with Crippen LogP contribution in [0, 0.1) is 5.41 Å². The van der Waals surface area contributed by atoms with Crippen molar-refractivity contribution in [1.29, 1.82) is 0 Å². The minimum atomic E-state index is -0.396. The van der Waals surface area contributed by atoms with Gasteiger partial charge in [-0.3, -0.25) is 4.79 Å². The van der Waals surface area contributed by atoms with Gasteiger partial charge in [0.05, 0.1) is 24.7 Å². The highest BCUT2D eigenvalue weighted by molar-refractivity contribution is 7.09. The Morgan fingerprint density at radius 1 is 1.32 bits per heavy atom. The first kappa shape index (κ1) is 17.3. The summed E-state index contributed by atoms with van der Waals surface area (Å²) >= 11 is 1.70. The summed E-state index contributed by atoms with van der Waals surface area (Å²) in [6, 6.07) is 4.11. The Balaban J connectivity index is 1.67. The van der Waals surface area contributed by atoms with Gasteiger partial charge in [-0.1, -0.05) is 26.8 Å². The Hall–Kier alpha value is -2.48. The highest BCUT2D eigenvalue weighted by atomic mass is 32.1. The molecule has 132 valence electrons. The monoisotopic (exact) mass is 358 g/mol. The van der Waals surface area contributed by atoms with E-state index >= 15 is 0 Å². The number of aromatic nitrogens is 4. The van der Waals surface area contributed by atoms with Crippen LogP contribution in [-0.2, 0) is 17.9 Å². The first-order valence-electron chi connectivity index (χ1n) is 8.16. The van der Waals surface area contributed by atoms with E-state index in [9.17, 15) is 4.79 Å². The van der Waals surface area contributed by atoms with Crippen LogP contribution in [0.25, 0.3) is 11.0 Å². The summed E-state index contributed by atoms with van der Waals surface area (Å²) < 4.78 is 1.79. The molecule has 0 fully saturated rings. The first-order chi connectivity index (χ1) is 11.9. The largest absolute Gasteiger partial charge is 0.364 e. The molecule has 0 aliphatic rings. The Labute approximate surface area is 150 Å². The molecule has 2 N–H and O–H groups in total. The molecular weight excluding hydrogens is 336 g/mol. The fraction of sp³-hybridized carbons (Fsp3) is 0.412. The maximum Gasteiger partial charge on any atom is 0.225 e. The minimum Gasteiger partial charge on any atom is -0.364 e. The highest BCUT2D eigenvalue weighted by Gasteiger charge is 2.20. The summed E-state index contributed by atoms with van der Waals surface area (Å²) in [5, 5.41) is 13.6. The van der Waals surface area contributed by atoms with Crippen LogP contribution in [0.3, 0.4) is 0 Å². The Bertz CT molecular complexity index is 850. The fourth-order valence-corrected chi connectivity index (χ4v) is 2.97. The number of thiophene rings is 1. The normalized spacial score (nSPS) is 11.6. The van der Waals surface area contributed by atoms with Gasteiger partial charge < -0.3 is 10.6 Å². The average Bonchev–Trinajstić information content (AvgIpc) is 3.22. The summed E-state index contributed by atoms with van der Waals surface area (Å²) in [5.41, 5.74) is 0.362. The second-order valence-electron chi connectivity index (χ2n) is 6.77. The third kappa shape index (κ3) is 4.14. The van der Waals surface area contributed by atoms with E-state index in [2.05, 4.69) is 37.1 Å². The lowest BCUT2D eigenvalue weighted by Gasteiger charge is -2.17. The van der Waals surface area contributed by atoms with E-state index in [-0.39, 0.29) is 5.91 Å². The number of nitrogens with zero attached hydrogens (tertiary/aromatic N) is 4. The number of nitrogens with one attached hydrogen (secondary N) is 2. The summed E-state index contributed by atoms with van der Waals surface area (Å²) in [6.45, 7) is 7.47. The van der Waals surface area contributed by atoms with E-state index < -0.39 is 5.41 Å². The van der Waals surface area contributed by atoms with Crippen molar-refractivity contribution in [2.45, 2.75) is 33.9 Å². The standard InChI is InChI=1S/C17H22N6OS/c1-17(2,3)16(24)18-6-7-23-15-13(10-22-23)14(20-11-21-15)19-9-12-5-4-8-25-12/h4-5,8,10-11H,6-7,9H2,1-3H3,(H,18,24)(H,19,20,21). The molecule has 1 amide bonds. The lowest BCUT2D eigenvalue weighted by Crippen LogP contribution is -2.36. The van der Waals surface area contributed by atoms with Gasteiger partial charge in [-0.25, -0.2) is 14.6 Å². The molecular formula is C17H22N6OS. The third-order valence-electron chi connectivity index (χ3n) is 3.73. The number of carbonyl (C=O) groups is 1. The van der Waals surface area contributed by atoms with E-state index in [4.69, 9.17) is 0 Å². The summed E-state index contributed by atoms with van der Waals surface area (Å²) in [4.78, 5) is 21.8. The summed E-state index contributed by atoms with van der Waals surface area (Å²) in [5.74, 6) is 0.792. The zero-order chi connectivity index (χ0) is 17.9. The van der Waals surface area contributed by atoms with Gasteiger partial charge in [0, 0.05) is 16.8 Å². The van der Waals surface area contributed by atoms with Crippen molar-refractivity contribution >= 4 is 34.1 Å². The number of fused-ring (bicyclic) bond motifs is 1. The molecule has 3 rings (SSSR count). The average molecular weight is 358 g/mol. The maximum absolute atomic E-state index is 11.9. The van der Waals surface area contributed by atoms with Gasteiger partial charge in [0.25, 0.3) is 0 Å². The highest BCUT2D eigenvalue weighted by Crippen LogP contribution is 2.20. The molecule has 0 aliphatic carbocycles. The molecule has 0 atom stereocenters. The molecule has 0 aromatic carbocycles. The van der Waals surface area contributed by atoms with Crippen molar-refractivity contribution in [3.05, 3.63) is 34.9 Å². The maximum atomic E-state index is 11.9. The number of hydrogen-bond acceptors (Lipinski definition) is 6. The molecule has 0 bridgehead atoms. The van der Waals surface area contributed by atoms with Crippen LogP contribution in [0.15, 0.2) is 30.0 Å². The van der Waals surface area contributed by atoms with Crippen LogP contribution < -0.4 is 10.6 Å². The third-order valence-corrected chi connectivity index (χ3v) is 4.61. The summed E-state index contributed by atoms with van der Waals surface area (Å²) in [7, 11) is 0. The molecule has 3 heterocycles. The Kier molecular flexibility index (Phi) is 4.98. The van der Waals surface area contributed by atoms with Crippen LogP contribution >= 0.6 is 11.3 Å². The molecule has 0 unspecified atom stereocenters. The molecule has 25 heavy (non-hydrogen) atoms. The smallest absolute Gasteiger partial charge is 0.225 e. The molecule has 0 saturated carbocycles. The zero-order valence-electron chi connectivity index (χ0n) is 14.6. The zero-order valence-corrected chi connectivity index (χ0v) is 15.4. The van der Waals surface area contributed by atoms with Gasteiger partial charge in [0.2, 0.25) is 5.91 Å². The van der Waals surface area contributed by atoms with Gasteiger partial charge in [-0.05, 0) is 11.4 Å². The van der Waals surface area contributed by atoms with Crippen molar-refractivity contribution in [2.24, 2.45) is 5.41 Å². The second-order valence-corrected chi connectivity index (χ2v) is 7.80. The molecule has 0 radical (unpaired) electrons. The van der Waals surface area contributed by atoms with Crippen LogP contribution in [-0.4, -0.2) is 32.2 Å². The minimum absolute atomic E-state index is 0.0249. The van der Waals surface area contributed by atoms with Crippen molar-refractivity contribution < 1.29 is 4.79 Å². The van der Waals surface area contributed by atoms with E-state index in [1.165, 1.54) is 11.2 Å². The van der Waals surface area contributed by atoms with Gasteiger partial charge in [0.1, 0.15) is 12.1 Å². The van der Waals surface area contributed by atoms with E-state index in [0.717, 1.165) is 23.4 Å². The number of hydrogen-bond donors (Lipinski definition) is 2. The van der Waals surface area contributed by atoms with E-state index in [1.54, 1.807) is 22.2 Å².